The van der Waals surface area contributed by atoms with Crippen LogP contribution in [0.2, 0.25) is 0 Å². The highest BCUT2D eigenvalue weighted by Crippen LogP contribution is 2.31. The molecule has 8 heteroatoms. The third-order valence-corrected chi connectivity index (χ3v) is 7.94. The van der Waals surface area contributed by atoms with Crippen molar-refractivity contribution >= 4 is 15.7 Å². The number of rotatable bonds is 5. The Morgan fingerprint density at radius 3 is 2.23 bits per heavy atom. The van der Waals surface area contributed by atoms with Crippen LogP contribution in [-0.4, -0.2) is 51.2 Å². The van der Waals surface area contributed by atoms with E-state index in [4.69, 9.17) is 9.26 Å². The van der Waals surface area contributed by atoms with Crippen LogP contribution in [0.15, 0.2) is 51.9 Å². The zero-order chi connectivity index (χ0) is 22.2. The summed E-state index contributed by atoms with van der Waals surface area (Å²) in [6.45, 7) is 7.74. The highest BCUT2D eigenvalue weighted by Gasteiger charge is 2.30. The maximum atomic E-state index is 13.5. The molecule has 2 aromatic carbocycles. The molecule has 164 valence electrons. The summed E-state index contributed by atoms with van der Waals surface area (Å²) in [7, 11) is -1.98. The molecule has 4 rings (SSSR count). The molecule has 1 fully saturated rings. The third kappa shape index (κ3) is 4.05. The normalized spacial score (nSPS) is 15.3. The lowest BCUT2D eigenvalue weighted by Gasteiger charge is -2.35. The molecule has 0 N–H and O–H groups in total. The maximum absolute atomic E-state index is 13.5. The minimum Gasteiger partial charge on any atom is -0.497 e. The molecule has 0 radical (unpaired) electrons. The Morgan fingerprint density at radius 2 is 1.65 bits per heavy atom. The van der Waals surface area contributed by atoms with E-state index in [0.717, 1.165) is 33.8 Å². The summed E-state index contributed by atoms with van der Waals surface area (Å²) in [5.74, 6) is 1.41. The molecule has 3 aromatic rings. The van der Waals surface area contributed by atoms with Crippen molar-refractivity contribution in [1.82, 2.24) is 9.46 Å². The van der Waals surface area contributed by atoms with E-state index >= 15 is 0 Å². The molecule has 0 amide bonds. The SMILES string of the molecule is COc1ccc(N2CCN(S(=O)(=O)c3cc(-c4onc(C)c4C)ccc3C)CC2)cc1. The van der Waals surface area contributed by atoms with E-state index in [1.54, 1.807) is 17.5 Å². The number of hydrogen-bond donors (Lipinski definition) is 0. The van der Waals surface area contributed by atoms with Crippen LogP contribution in [0.5, 0.6) is 5.75 Å². The number of aryl methyl sites for hydroxylation is 2. The van der Waals surface area contributed by atoms with Crippen LogP contribution in [0.3, 0.4) is 0 Å². The van der Waals surface area contributed by atoms with Gasteiger partial charge in [0, 0.05) is 43.0 Å². The summed E-state index contributed by atoms with van der Waals surface area (Å²) in [6, 6.07) is 13.2. The topological polar surface area (TPSA) is 75.9 Å². The van der Waals surface area contributed by atoms with Gasteiger partial charge in [0.1, 0.15) is 5.75 Å². The first-order chi connectivity index (χ1) is 14.8. The second-order valence-corrected chi connectivity index (χ2v) is 9.70. The standard InChI is InChI=1S/C23H27N3O4S/c1-16-5-6-19(23-17(2)18(3)24-30-23)15-22(16)31(27,28)26-13-11-25(12-14-26)20-7-9-21(29-4)10-8-20/h5-10,15H,11-14H2,1-4H3. The van der Waals surface area contributed by atoms with Gasteiger partial charge in [0.15, 0.2) is 5.76 Å². The number of piperazine rings is 1. The van der Waals surface area contributed by atoms with Gasteiger partial charge < -0.3 is 14.2 Å². The molecule has 0 unspecified atom stereocenters. The maximum Gasteiger partial charge on any atom is 0.243 e. The number of benzene rings is 2. The van der Waals surface area contributed by atoms with E-state index in [0.29, 0.717) is 36.8 Å². The van der Waals surface area contributed by atoms with Gasteiger partial charge in [-0.1, -0.05) is 17.3 Å². The van der Waals surface area contributed by atoms with Crippen LogP contribution < -0.4 is 9.64 Å². The minimum absolute atomic E-state index is 0.316. The molecule has 0 bridgehead atoms. The van der Waals surface area contributed by atoms with Crippen molar-refractivity contribution < 1.29 is 17.7 Å². The summed E-state index contributed by atoms with van der Waals surface area (Å²) < 4.78 is 39.1. The van der Waals surface area contributed by atoms with Crippen LogP contribution in [0.4, 0.5) is 5.69 Å². The van der Waals surface area contributed by atoms with Crippen LogP contribution in [0.25, 0.3) is 11.3 Å². The van der Waals surface area contributed by atoms with Gasteiger partial charge in [0.2, 0.25) is 10.0 Å². The zero-order valence-corrected chi connectivity index (χ0v) is 19.1. The zero-order valence-electron chi connectivity index (χ0n) is 18.3. The summed E-state index contributed by atoms with van der Waals surface area (Å²) in [6.07, 6.45) is 0. The first-order valence-electron chi connectivity index (χ1n) is 10.2. The lowest BCUT2D eigenvalue weighted by Crippen LogP contribution is -2.48. The van der Waals surface area contributed by atoms with Crippen molar-refractivity contribution in [3.05, 3.63) is 59.3 Å². The number of aromatic nitrogens is 1. The molecule has 2 heterocycles. The monoisotopic (exact) mass is 441 g/mol. The molecule has 7 nitrogen and oxygen atoms in total. The van der Waals surface area contributed by atoms with Gasteiger partial charge >= 0.3 is 0 Å². The summed E-state index contributed by atoms with van der Waals surface area (Å²) in [5, 5.41) is 4.00. The first kappa shape index (κ1) is 21.4. The fourth-order valence-electron chi connectivity index (χ4n) is 3.82. The molecule has 1 saturated heterocycles. The lowest BCUT2D eigenvalue weighted by molar-refractivity contribution is 0.384. The van der Waals surface area contributed by atoms with Crippen LogP contribution in [0.1, 0.15) is 16.8 Å². The number of methoxy groups -OCH3 is 1. The second kappa shape index (κ2) is 8.36. The van der Waals surface area contributed by atoms with Gasteiger partial charge in [0.25, 0.3) is 0 Å². The molecule has 0 saturated carbocycles. The fourth-order valence-corrected chi connectivity index (χ4v) is 5.50. The highest BCUT2D eigenvalue weighted by atomic mass is 32.2. The van der Waals surface area contributed by atoms with Crippen molar-refractivity contribution in [2.75, 3.05) is 38.2 Å². The van der Waals surface area contributed by atoms with E-state index in [2.05, 4.69) is 10.1 Å². The molecule has 31 heavy (non-hydrogen) atoms. The van der Waals surface area contributed by atoms with Crippen molar-refractivity contribution in [3.63, 3.8) is 0 Å². The number of nitrogens with zero attached hydrogens (tertiary/aromatic N) is 3. The fraction of sp³-hybridized carbons (Fsp3) is 0.348. The van der Waals surface area contributed by atoms with E-state index in [1.807, 2.05) is 57.2 Å². The lowest BCUT2D eigenvalue weighted by atomic mass is 10.1. The molecule has 1 aromatic heterocycles. The summed E-state index contributed by atoms with van der Waals surface area (Å²) in [4.78, 5) is 2.51. The molecular weight excluding hydrogens is 414 g/mol. The third-order valence-electron chi connectivity index (χ3n) is 5.90. The van der Waals surface area contributed by atoms with E-state index in [-0.39, 0.29) is 0 Å². The smallest absolute Gasteiger partial charge is 0.243 e. The Balaban J connectivity index is 1.55. The number of ether oxygens (including phenoxy) is 1. The van der Waals surface area contributed by atoms with Gasteiger partial charge in [-0.2, -0.15) is 4.31 Å². The molecule has 0 spiro atoms. The first-order valence-corrected chi connectivity index (χ1v) is 11.7. The van der Waals surface area contributed by atoms with E-state index in [1.165, 1.54) is 0 Å². The van der Waals surface area contributed by atoms with Gasteiger partial charge in [0.05, 0.1) is 17.7 Å². The Morgan fingerprint density at radius 1 is 0.968 bits per heavy atom. The van der Waals surface area contributed by atoms with Crippen molar-refractivity contribution in [2.45, 2.75) is 25.7 Å². The molecule has 1 aliphatic heterocycles. The average Bonchev–Trinajstić information content (AvgIpc) is 3.12. The van der Waals surface area contributed by atoms with Crippen molar-refractivity contribution in [1.29, 1.82) is 0 Å². The van der Waals surface area contributed by atoms with Crippen molar-refractivity contribution in [2.24, 2.45) is 0 Å². The molecule has 0 aliphatic carbocycles. The minimum atomic E-state index is -3.62. The Labute approximate surface area is 183 Å². The Bertz CT molecular complexity index is 1180. The summed E-state index contributed by atoms with van der Waals surface area (Å²) in [5.41, 5.74) is 4.22. The summed E-state index contributed by atoms with van der Waals surface area (Å²) >= 11 is 0. The van der Waals surface area contributed by atoms with Gasteiger partial charge in [-0.05, 0) is 56.7 Å². The molecular formula is C23H27N3O4S. The van der Waals surface area contributed by atoms with Crippen LogP contribution in [-0.2, 0) is 10.0 Å². The van der Waals surface area contributed by atoms with E-state index < -0.39 is 10.0 Å². The predicted octanol–water partition coefficient (Wildman–Crippen LogP) is 3.79. The Kier molecular flexibility index (Phi) is 5.77. The average molecular weight is 442 g/mol. The molecule has 0 atom stereocenters. The van der Waals surface area contributed by atoms with E-state index in [9.17, 15) is 8.42 Å². The number of hydrogen-bond acceptors (Lipinski definition) is 6. The van der Waals surface area contributed by atoms with Crippen LogP contribution in [0, 0.1) is 20.8 Å². The van der Waals surface area contributed by atoms with Crippen LogP contribution >= 0.6 is 0 Å². The number of anilines is 1. The van der Waals surface area contributed by atoms with Gasteiger partial charge in [-0.25, -0.2) is 8.42 Å². The number of sulfonamides is 1. The van der Waals surface area contributed by atoms with Gasteiger partial charge in [-0.3, -0.25) is 0 Å². The van der Waals surface area contributed by atoms with Crippen molar-refractivity contribution in [3.8, 4) is 17.1 Å². The van der Waals surface area contributed by atoms with Gasteiger partial charge in [-0.15, -0.1) is 0 Å². The predicted molar refractivity (Wildman–Crippen MR) is 120 cm³/mol. The quantitative estimate of drug-likeness (QED) is 0.600. The Hall–Kier alpha value is -2.84. The largest absolute Gasteiger partial charge is 0.497 e. The highest BCUT2D eigenvalue weighted by molar-refractivity contribution is 7.89. The molecule has 1 aliphatic rings. The second-order valence-electron chi connectivity index (χ2n) is 7.79.